The van der Waals surface area contributed by atoms with Gasteiger partial charge in [0, 0.05) is 24.7 Å². The highest BCUT2D eigenvalue weighted by Gasteiger charge is 2.25. The van der Waals surface area contributed by atoms with Gasteiger partial charge in [0.15, 0.2) is 0 Å². The molecule has 102 valence electrons. The van der Waals surface area contributed by atoms with Gasteiger partial charge in [0.1, 0.15) is 0 Å². The molecule has 0 saturated carbocycles. The van der Waals surface area contributed by atoms with E-state index in [9.17, 15) is 4.48 Å². The van der Waals surface area contributed by atoms with Crippen LogP contribution >= 0.6 is 0 Å². The first-order valence-corrected chi connectivity index (χ1v) is 6.77. The van der Waals surface area contributed by atoms with Crippen LogP contribution in [0.1, 0.15) is 11.1 Å². The predicted octanol–water partition coefficient (Wildman–Crippen LogP) is 3.64. The Morgan fingerprint density at radius 3 is 1.80 bits per heavy atom. The van der Waals surface area contributed by atoms with Crippen molar-refractivity contribution in [1.29, 1.82) is 0 Å². The molecule has 0 fully saturated rings. The number of rotatable bonds is 2. The molecule has 3 rings (SSSR count). The standard InChI is InChI=1S/C17H17FN2/c1-19-12-13-20(18)17(15-10-6-3-7-11-15)16(19)14-8-4-2-5-9-14/h2-11H,12-13H2,1H3. The third-order valence-electron chi connectivity index (χ3n) is 3.57. The summed E-state index contributed by atoms with van der Waals surface area (Å²) < 4.78 is 14.4. The Balaban J connectivity index is 2.21. The van der Waals surface area contributed by atoms with Crippen LogP contribution in [0.25, 0.3) is 11.4 Å². The number of likely N-dealkylation sites (N-methyl/N-ethyl adjacent to an activating group) is 1. The average Bonchev–Trinajstić information content (AvgIpc) is 2.51. The van der Waals surface area contributed by atoms with E-state index >= 15 is 0 Å². The Kier molecular flexibility index (Phi) is 3.42. The first-order valence-electron chi connectivity index (χ1n) is 6.77. The SMILES string of the molecule is CN1CCN(F)C(c2ccccc2)=C1c1ccccc1. The van der Waals surface area contributed by atoms with Crippen molar-refractivity contribution in [1.82, 2.24) is 10.0 Å². The summed E-state index contributed by atoms with van der Waals surface area (Å²) in [6.07, 6.45) is 0. The van der Waals surface area contributed by atoms with Crippen LogP contribution < -0.4 is 0 Å². The Morgan fingerprint density at radius 1 is 0.750 bits per heavy atom. The van der Waals surface area contributed by atoms with Crippen LogP contribution in [0, 0.1) is 0 Å². The topological polar surface area (TPSA) is 6.48 Å². The number of hydrogen-bond donors (Lipinski definition) is 0. The molecule has 0 saturated heterocycles. The highest BCUT2D eigenvalue weighted by molar-refractivity contribution is 5.89. The second-order valence-corrected chi connectivity index (χ2v) is 4.94. The molecule has 0 spiro atoms. The lowest BCUT2D eigenvalue weighted by molar-refractivity contribution is 0.0889. The largest absolute Gasteiger partial charge is 0.370 e. The summed E-state index contributed by atoms with van der Waals surface area (Å²) in [7, 11) is 2.01. The molecule has 2 aromatic carbocycles. The van der Waals surface area contributed by atoms with E-state index in [-0.39, 0.29) is 0 Å². The molecule has 3 heteroatoms. The summed E-state index contributed by atoms with van der Waals surface area (Å²) in [5, 5.41) is 0.859. The minimum atomic E-state index is 0.386. The molecule has 2 nitrogen and oxygen atoms in total. The molecule has 0 bridgehead atoms. The van der Waals surface area contributed by atoms with E-state index in [4.69, 9.17) is 0 Å². The molecule has 0 aliphatic carbocycles. The van der Waals surface area contributed by atoms with E-state index in [2.05, 4.69) is 4.90 Å². The fourth-order valence-electron chi connectivity index (χ4n) is 2.58. The number of hydrogen-bond acceptors (Lipinski definition) is 2. The Bertz CT molecular complexity index is 552. The minimum absolute atomic E-state index is 0.386. The molecule has 0 radical (unpaired) electrons. The normalized spacial score (nSPS) is 15.7. The molecule has 1 heterocycles. The molecule has 0 atom stereocenters. The van der Waals surface area contributed by atoms with E-state index in [1.807, 2.05) is 67.7 Å². The third kappa shape index (κ3) is 2.27. The number of halogens is 1. The zero-order chi connectivity index (χ0) is 13.9. The smallest absolute Gasteiger partial charge is 0.1000 e. The fourth-order valence-corrected chi connectivity index (χ4v) is 2.58. The molecule has 0 amide bonds. The van der Waals surface area contributed by atoms with E-state index in [1.54, 1.807) is 0 Å². The Labute approximate surface area is 118 Å². The highest BCUT2D eigenvalue weighted by atomic mass is 19.2. The lowest BCUT2D eigenvalue weighted by Gasteiger charge is -2.34. The zero-order valence-corrected chi connectivity index (χ0v) is 11.5. The molecule has 20 heavy (non-hydrogen) atoms. The van der Waals surface area contributed by atoms with Crippen LogP contribution in [0.3, 0.4) is 0 Å². The maximum absolute atomic E-state index is 14.4. The minimum Gasteiger partial charge on any atom is -0.370 e. The molecule has 1 aliphatic rings. The monoisotopic (exact) mass is 268 g/mol. The second-order valence-electron chi connectivity index (χ2n) is 4.94. The van der Waals surface area contributed by atoms with Crippen LogP contribution in [0.4, 0.5) is 4.48 Å². The van der Waals surface area contributed by atoms with Crippen LogP contribution in [0.5, 0.6) is 0 Å². The van der Waals surface area contributed by atoms with Crippen LogP contribution in [-0.4, -0.2) is 30.2 Å². The van der Waals surface area contributed by atoms with Crippen molar-refractivity contribution < 1.29 is 4.48 Å². The Hall–Kier alpha value is -2.29. The zero-order valence-electron chi connectivity index (χ0n) is 11.5. The van der Waals surface area contributed by atoms with Gasteiger partial charge in [-0.25, -0.2) is 5.12 Å². The second kappa shape index (κ2) is 5.37. The lowest BCUT2D eigenvalue weighted by Crippen LogP contribution is -2.34. The molecule has 0 N–H and O–H groups in total. The summed E-state index contributed by atoms with van der Waals surface area (Å²) in [4.78, 5) is 2.12. The molecular weight excluding hydrogens is 251 g/mol. The van der Waals surface area contributed by atoms with Crippen molar-refractivity contribution in [3.63, 3.8) is 0 Å². The number of benzene rings is 2. The van der Waals surface area contributed by atoms with E-state index in [0.717, 1.165) is 21.9 Å². The van der Waals surface area contributed by atoms with Crippen LogP contribution in [0.15, 0.2) is 60.7 Å². The first-order chi connectivity index (χ1) is 9.77. The van der Waals surface area contributed by atoms with Gasteiger partial charge >= 0.3 is 0 Å². The van der Waals surface area contributed by atoms with Crippen molar-refractivity contribution in [2.75, 3.05) is 20.1 Å². The first kappa shape index (κ1) is 12.7. The van der Waals surface area contributed by atoms with Crippen molar-refractivity contribution in [3.8, 4) is 0 Å². The summed E-state index contributed by atoms with van der Waals surface area (Å²) >= 11 is 0. The molecular formula is C17H17FN2. The highest BCUT2D eigenvalue weighted by Crippen LogP contribution is 2.34. The lowest BCUT2D eigenvalue weighted by atomic mass is 10.0. The quantitative estimate of drug-likeness (QED) is 0.767. The summed E-state index contributed by atoms with van der Waals surface area (Å²) in [5.41, 5.74) is 3.52. The van der Waals surface area contributed by atoms with Crippen molar-refractivity contribution in [2.45, 2.75) is 0 Å². The van der Waals surface area contributed by atoms with Gasteiger partial charge in [0.25, 0.3) is 0 Å². The summed E-state index contributed by atoms with van der Waals surface area (Å²) in [6.45, 7) is 1.06. The van der Waals surface area contributed by atoms with Gasteiger partial charge in [-0.3, -0.25) is 0 Å². The van der Waals surface area contributed by atoms with Gasteiger partial charge < -0.3 is 4.90 Å². The summed E-state index contributed by atoms with van der Waals surface area (Å²) in [5.74, 6) is 0. The van der Waals surface area contributed by atoms with Crippen molar-refractivity contribution >= 4 is 11.4 Å². The maximum atomic E-state index is 14.4. The van der Waals surface area contributed by atoms with Gasteiger partial charge in [-0.15, -0.1) is 0 Å². The maximum Gasteiger partial charge on any atom is 0.1000 e. The molecule has 0 unspecified atom stereocenters. The van der Waals surface area contributed by atoms with E-state index in [0.29, 0.717) is 18.8 Å². The van der Waals surface area contributed by atoms with Gasteiger partial charge in [-0.05, 0) is 0 Å². The van der Waals surface area contributed by atoms with Gasteiger partial charge in [0.2, 0.25) is 0 Å². The average molecular weight is 268 g/mol. The van der Waals surface area contributed by atoms with E-state index in [1.165, 1.54) is 0 Å². The van der Waals surface area contributed by atoms with Crippen molar-refractivity contribution in [2.24, 2.45) is 0 Å². The number of nitrogens with zero attached hydrogens (tertiary/aromatic N) is 2. The van der Waals surface area contributed by atoms with Crippen LogP contribution in [-0.2, 0) is 0 Å². The third-order valence-corrected chi connectivity index (χ3v) is 3.57. The molecule has 2 aromatic rings. The fraction of sp³-hybridized carbons (Fsp3) is 0.176. The Morgan fingerprint density at radius 2 is 1.25 bits per heavy atom. The van der Waals surface area contributed by atoms with Gasteiger partial charge in [0.05, 0.1) is 17.9 Å². The van der Waals surface area contributed by atoms with Crippen molar-refractivity contribution in [3.05, 3.63) is 71.8 Å². The molecule has 1 aliphatic heterocycles. The predicted molar refractivity (Wildman–Crippen MR) is 80.1 cm³/mol. The molecule has 0 aromatic heterocycles. The van der Waals surface area contributed by atoms with Gasteiger partial charge in [-0.1, -0.05) is 65.1 Å². The van der Waals surface area contributed by atoms with E-state index < -0.39 is 0 Å². The van der Waals surface area contributed by atoms with Crippen LogP contribution in [0.2, 0.25) is 0 Å². The van der Waals surface area contributed by atoms with Gasteiger partial charge in [-0.2, -0.15) is 0 Å². The summed E-state index contributed by atoms with van der Waals surface area (Å²) in [6, 6.07) is 19.7.